The third-order valence-electron chi connectivity index (χ3n) is 4.97. The molecule has 0 spiro atoms. The van der Waals surface area contributed by atoms with E-state index in [1.807, 2.05) is 0 Å². The van der Waals surface area contributed by atoms with Gasteiger partial charge in [-0.15, -0.1) is 0 Å². The standard InChI is InChI=1S/C24H23F3N4O4/c1-4-35-23(34)19-14-29-31(20(19)24(25,26)27)18-11-9-16(10-12-18)21(32)28-13-15-5-7-17(8-6-15)22(33)30(2)3/h5-12,14H,4,13H2,1-3H3,(H,28,32). The average Bonchev–Trinajstić information content (AvgIpc) is 3.29. The van der Waals surface area contributed by atoms with Crippen LogP contribution in [0.4, 0.5) is 13.2 Å². The van der Waals surface area contributed by atoms with Crippen LogP contribution in [0.3, 0.4) is 0 Å². The van der Waals surface area contributed by atoms with Crippen molar-refractivity contribution in [2.75, 3.05) is 20.7 Å². The van der Waals surface area contributed by atoms with E-state index in [0.29, 0.717) is 10.2 Å². The van der Waals surface area contributed by atoms with Gasteiger partial charge in [-0.3, -0.25) is 9.59 Å². The van der Waals surface area contributed by atoms with Gasteiger partial charge in [-0.1, -0.05) is 12.1 Å². The van der Waals surface area contributed by atoms with Crippen LogP contribution in [-0.2, 0) is 17.5 Å². The molecule has 0 saturated heterocycles. The van der Waals surface area contributed by atoms with E-state index >= 15 is 0 Å². The van der Waals surface area contributed by atoms with Crippen molar-refractivity contribution in [1.82, 2.24) is 20.0 Å². The molecule has 0 aliphatic carbocycles. The molecular formula is C24H23F3N4O4. The Bertz CT molecular complexity index is 1220. The summed E-state index contributed by atoms with van der Waals surface area (Å²) in [5.41, 5.74) is -0.430. The molecule has 35 heavy (non-hydrogen) atoms. The third-order valence-corrected chi connectivity index (χ3v) is 4.97. The Balaban J connectivity index is 1.73. The number of alkyl halides is 3. The highest BCUT2D eigenvalue weighted by Crippen LogP contribution is 2.34. The van der Waals surface area contributed by atoms with Gasteiger partial charge in [-0.2, -0.15) is 18.3 Å². The molecule has 1 aromatic heterocycles. The van der Waals surface area contributed by atoms with Gasteiger partial charge in [0, 0.05) is 31.8 Å². The van der Waals surface area contributed by atoms with Crippen LogP contribution in [-0.4, -0.2) is 53.2 Å². The number of hydrogen-bond donors (Lipinski definition) is 1. The summed E-state index contributed by atoms with van der Waals surface area (Å²) in [6.45, 7) is 1.60. The lowest BCUT2D eigenvalue weighted by atomic mass is 10.1. The van der Waals surface area contributed by atoms with Gasteiger partial charge in [0.15, 0.2) is 5.69 Å². The van der Waals surface area contributed by atoms with Gasteiger partial charge in [0.25, 0.3) is 11.8 Å². The molecule has 1 N–H and O–H groups in total. The van der Waals surface area contributed by atoms with Crippen LogP contribution in [0.2, 0.25) is 0 Å². The zero-order chi connectivity index (χ0) is 25.8. The molecule has 8 nitrogen and oxygen atoms in total. The maximum absolute atomic E-state index is 13.7. The number of halogens is 3. The predicted octanol–water partition coefficient (Wildman–Crippen LogP) is 3.70. The van der Waals surface area contributed by atoms with Crippen molar-refractivity contribution in [3.63, 3.8) is 0 Å². The topological polar surface area (TPSA) is 93.5 Å². The minimum absolute atomic E-state index is 0.0190. The third kappa shape index (κ3) is 5.86. The van der Waals surface area contributed by atoms with Crippen molar-refractivity contribution < 1.29 is 32.3 Å². The summed E-state index contributed by atoms with van der Waals surface area (Å²) in [6, 6.07) is 12.1. The molecule has 0 fully saturated rings. The molecule has 0 radical (unpaired) electrons. The van der Waals surface area contributed by atoms with Crippen molar-refractivity contribution in [3.05, 3.63) is 82.7 Å². The number of nitrogens with one attached hydrogen (secondary N) is 1. The number of aromatic nitrogens is 2. The number of ether oxygens (including phenoxy) is 1. The molecule has 3 aromatic rings. The Hall–Kier alpha value is -4.15. The molecular weight excluding hydrogens is 465 g/mol. The lowest BCUT2D eigenvalue weighted by Crippen LogP contribution is -2.23. The van der Waals surface area contributed by atoms with Gasteiger partial charge in [0.1, 0.15) is 5.56 Å². The molecule has 0 aliphatic heterocycles. The number of nitrogens with zero attached hydrogens (tertiary/aromatic N) is 3. The van der Waals surface area contributed by atoms with E-state index in [1.165, 1.54) is 36.1 Å². The fraction of sp³-hybridized carbons (Fsp3) is 0.250. The van der Waals surface area contributed by atoms with Crippen molar-refractivity contribution in [2.45, 2.75) is 19.6 Å². The average molecular weight is 488 g/mol. The summed E-state index contributed by atoms with van der Waals surface area (Å²) in [5.74, 6) is -1.70. The largest absolute Gasteiger partial charge is 0.462 e. The number of amides is 2. The van der Waals surface area contributed by atoms with Crippen molar-refractivity contribution >= 4 is 17.8 Å². The Morgan fingerprint density at radius 2 is 1.60 bits per heavy atom. The number of esters is 1. The molecule has 1 heterocycles. The van der Waals surface area contributed by atoms with Crippen LogP contribution in [0.25, 0.3) is 5.69 Å². The molecule has 11 heteroatoms. The fourth-order valence-corrected chi connectivity index (χ4v) is 3.24. The monoisotopic (exact) mass is 488 g/mol. The molecule has 0 saturated carbocycles. The molecule has 3 rings (SSSR count). The summed E-state index contributed by atoms with van der Waals surface area (Å²) in [5, 5.41) is 6.42. The highest BCUT2D eigenvalue weighted by Gasteiger charge is 2.41. The van der Waals surface area contributed by atoms with E-state index in [9.17, 15) is 27.6 Å². The van der Waals surface area contributed by atoms with Gasteiger partial charge >= 0.3 is 12.1 Å². The van der Waals surface area contributed by atoms with E-state index in [1.54, 1.807) is 38.4 Å². The van der Waals surface area contributed by atoms with E-state index in [4.69, 9.17) is 4.74 Å². The Kier molecular flexibility index (Phi) is 7.58. The molecule has 184 valence electrons. The molecule has 0 unspecified atom stereocenters. The van der Waals surface area contributed by atoms with Gasteiger partial charge < -0.3 is 15.0 Å². The van der Waals surface area contributed by atoms with E-state index in [-0.39, 0.29) is 30.3 Å². The lowest BCUT2D eigenvalue weighted by molar-refractivity contribution is -0.143. The number of carbonyl (C=O) groups is 3. The summed E-state index contributed by atoms with van der Waals surface area (Å²) in [7, 11) is 3.30. The highest BCUT2D eigenvalue weighted by molar-refractivity contribution is 5.95. The second-order valence-corrected chi connectivity index (χ2v) is 7.66. The summed E-state index contributed by atoms with van der Waals surface area (Å²) in [4.78, 5) is 37.8. The van der Waals surface area contributed by atoms with Crippen LogP contribution in [0.15, 0.2) is 54.7 Å². The minimum Gasteiger partial charge on any atom is -0.462 e. The Morgan fingerprint density at radius 1 is 1.00 bits per heavy atom. The number of hydrogen-bond acceptors (Lipinski definition) is 5. The maximum atomic E-state index is 13.7. The van der Waals surface area contributed by atoms with Crippen LogP contribution in [0.1, 0.15) is 49.3 Å². The van der Waals surface area contributed by atoms with Gasteiger partial charge in [0.05, 0.1) is 18.5 Å². The lowest BCUT2D eigenvalue weighted by Gasteiger charge is -2.13. The van der Waals surface area contributed by atoms with Crippen LogP contribution in [0, 0.1) is 0 Å². The Morgan fingerprint density at radius 3 is 2.14 bits per heavy atom. The van der Waals surface area contributed by atoms with Gasteiger partial charge in [0.2, 0.25) is 0 Å². The first-order valence-corrected chi connectivity index (χ1v) is 10.5. The quantitative estimate of drug-likeness (QED) is 0.512. The number of rotatable bonds is 7. The highest BCUT2D eigenvalue weighted by atomic mass is 19.4. The smallest absolute Gasteiger partial charge is 0.434 e. The van der Waals surface area contributed by atoms with Crippen LogP contribution < -0.4 is 5.32 Å². The van der Waals surface area contributed by atoms with E-state index < -0.39 is 29.3 Å². The van der Waals surface area contributed by atoms with Crippen molar-refractivity contribution in [3.8, 4) is 5.69 Å². The molecule has 2 amide bonds. The predicted molar refractivity (Wildman–Crippen MR) is 120 cm³/mol. The normalized spacial score (nSPS) is 11.1. The molecule has 0 atom stereocenters. The Labute approximate surface area is 199 Å². The summed E-state index contributed by atoms with van der Waals surface area (Å²) >= 11 is 0. The molecule has 0 bridgehead atoms. The molecule has 0 aliphatic rings. The second kappa shape index (κ2) is 10.4. The summed E-state index contributed by atoms with van der Waals surface area (Å²) in [6.07, 6.45) is -4.06. The maximum Gasteiger partial charge on any atom is 0.434 e. The van der Waals surface area contributed by atoms with E-state index in [0.717, 1.165) is 11.8 Å². The van der Waals surface area contributed by atoms with E-state index in [2.05, 4.69) is 10.4 Å². The van der Waals surface area contributed by atoms with Gasteiger partial charge in [-0.05, 0) is 48.9 Å². The van der Waals surface area contributed by atoms with Crippen LogP contribution >= 0.6 is 0 Å². The van der Waals surface area contributed by atoms with Crippen molar-refractivity contribution in [2.24, 2.45) is 0 Å². The molecule has 2 aromatic carbocycles. The second-order valence-electron chi connectivity index (χ2n) is 7.66. The number of carbonyl (C=O) groups excluding carboxylic acids is 3. The summed E-state index contributed by atoms with van der Waals surface area (Å²) < 4.78 is 46.2. The fourth-order valence-electron chi connectivity index (χ4n) is 3.24. The first-order valence-electron chi connectivity index (χ1n) is 10.5. The first kappa shape index (κ1) is 25.5. The zero-order valence-corrected chi connectivity index (χ0v) is 19.2. The van der Waals surface area contributed by atoms with Gasteiger partial charge in [-0.25, -0.2) is 9.48 Å². The minimum atomic E-state index is -4.86. The van der Waals surface area contributed by atoms with Crippen LogP contribution in [0.5, 0.6) is 0 Å². The first-order chi connectivity index (χ1) is 16.5. The number of benzene rings is 2. The SMILES string of the molecule is CCOC(=O)c1cnn(-c2ccc(C(=O)NCc3ccc(C(=O)N(C)C)cc3)cc2)c1C(F)(F)F. The zero-order valence-electron chi connectivity index (χ0n) is 19.2. The van der Waals surface area contributed by atoms with Crippen molar-refractivity contribution in [1.29, 1.82) is 0 Å².